The highest BCUT2D eigenvalue weighted by Gasteiger charge is 2.16. The third-order valence-electron chi connectivity index (χ3n) is 3.24. The van der Waals surface area contributed by atoms with E-state index in [0.29, 0.717) is 31.7 Å². The van der Waals surface area contributed by atoms with Crippen LogP contribution in [0.5, 0.6) is 0 Å². The van der Waals surface area contributed by atoms with E-state index in [9.17, 15) is 0 Å². The van der Waals surface area contributed by atoms with Gasteiger partial charge in [-0.15, -0.1) is 0 Å². The van der Waals surface area contributed by atoms with E-state index in [4.69, 9.17) is 16.3 Å². The van der Waals surface area contributed by atoms with Gasteiger partial charge in [-0.25, -0.2) is 0 Å². The van der Waals surface area contributed by atoms with Gasteiger partial charge < -0.3 is 15.0 Å². The van der Waals surface area contributed by atoms with Crippen LogP contribution in [-0.4, -0.2) is 51.0 Å². The minimum atomic E-state index is 0.180. The minimum absolute atomic E-state index is 0.180. The summed E-state index contributed by atoms with van der Waals surface area (Å²) >= 11 is 5.98. The average molecular weight is 310 g/mol. The fraction of sp³-hybridized carbons (Fsp3) is 0.500. The Kier molecular flexibility index (Phi) is 4.16. The standard InChI is InChI=1S/C12H16ClN7O/c1-19-9(2-3-15-19)8-14-11-16-10(13)17-12(18-11)20-4-6-21-7-5-20/h2-3H,4-8H2,1H3,(H,14,16,17,18). The summed E-state index contributed by atoms with van der Waals surface area (Å²) in [5.41, 5.74) is 1.03. The first-order chi connectivity index (χ1) is 10.2. The van der Waals surface area contributed by atoms with Crippen LogP contribution in [0.15, 0.2) is 12.3 Å². The molecular formula is C12H16ClN7O. The maximum absolute atomic E-state index is 5.98. The maximum atomic E-state index is 5.98. The minimum Gasteiger partial charge on any atom is -0.378 e. The second-order valence-corrected chi connectivity index (χ2v) is 4.97. The van der Waals surface area contributed by atoms with Crippen LogP contribution in [0, 0.1) is 0 Å². The van der Waals surface area contributed by atoms with Crippen molar-refractivity contribution in [2.24, 2.45) is 7.05 Å². The zero-order valence-corrected chi connectivity index (χ0v) is 12.4. The summed E-state index contributed by atoms with van der Waals surface area (Å²) in [6, 6.07) is 1.93. The first-order valence-electron chi connectivity index (χ1n) is 6.67. The van der Waals surface area contributed by atoms with E-state index in [1.807, 2.05) is 18.0 Å². The topological polar surface area (TPSA) is 81.0 Å². The molecule has 2 aromatic heterocycles. The molecule has 9 heteroatoms. The Labute approximate surface area is 127 Å². The lowest BCUT2D eigenvalue weighted by Crippen LogP contribution is -2.37. The summed E-state index contributed by atoms with van der Waals surface area (Å²) in [5.74, 6) is 1.03. The van der Waals surface area contributed by atoms with Gasteiger partial charge in [0, 0.05) is 26.3 Å². The van der Waals surface area contributed by atoms with Crippen molar-refractivity contribution < 1.29 is 4.74 Å². The van der Waals surface area contributed by atoms with Crippen molar-refractivity contribution in [2.45, 2.75) is 6.54 Å². The molecule has 3 heterocycles. The van der Waals surface area contributed by atoms with Gasteiger partial charge in [0.05, 0.1) is 25.5 Å². The number of morpholine rings is 1. The number of nitrogens with one attached hydrogen (secondary N) is 1. The third-order valence-corrected chi connectivity index (χ3v) is 3.41. The first-order valence-corrected chi connectivity index (χ1v) is 7.05. The van der Waals surface area contributed by atoms with Gasteiger partial charge in [-0.2, -0.15) is 20.1 Å². The summed E-state index contributed by atoms with van der Waals surface area (Å²) in [6.07, 6.45) is 1.75. The average Bonchev–Trinajstić information content (AvgIpc) is 2.91. The van der Waals surface area contributed by atoms with Crippen molar-refractivity contribution >= 4 is 23.5 Å². The molecule has 3 rings (SSSR count). The molecule has 0 radical (unpaired) electrons. The number of halogens is 1. The zero-order valence-electron chi connectivity index (χ0n) is 11.7. The second-order valence-electron chi connectivity index (χ2n) is 4.63. The van der Waals surface area contributed by atoms with Crippen LogP contribution in [-0.2, 0) is 18.3 Å². The number of hydrogen-bond donors (Lipinski definition) is 1. The van der Waals surface area contributed by atoms with Crippen LogP contribution < -0.4 is 10.2 Å². The number of ether oxygens (including phenoxy) is 1. The summed E-state index contributed by atoms with van der Waals surface area (Å²) in [4.78, 5) is 14.7. The predicted molar refractivity (Wildman–Crippen MR) is 78.4 cm³/mol. The molecule has 0 aromatic carbocycles. The van der Waals surface area contributed by atoms with E-state index in [2.05, 4.69) is 25.4 Å². The molecular weight excluding hydrogens is 294 g/mol. The lowest BCUT2D eigenvalue weighted by Gasteiger charge is -2.26. The van der Waals surface area contributed by atoms with Crippen LogP contribution in [0.25, 0.3) is 0 Å². The number of hydrogen-bond acceptors (Lipinski definition) is 7. The molecule has 1 aliphatic rings. The molecule has 21 heavy (non-hydrogen) atoms. The van der Waals surface area contributed by atoms with Gasteiger partial charge in [0.1, 0.15) is 0 Å². The Hall–Kier alpha value is -1.93. The molecule has 1 aliphatic heterocycles. The molecule has 0 atom stereocenters. The van der Waals surface area contributed by atoms with Crippen molar-refractivity contribution in [3.63, 3.8) is 0 Å². The van der Waals surface area contributed by atoms with Crippen molar-refractivity contribution in [1.82, 2.24) is 24.7 Å². The van der Waals surface area contributed by atoms with Crippen LogP contribution in [0.2, 0.25) is 5.28 Å². The van der Waals surface area contributed by atoms with Crippen LogP contribution >= 0.6 is 11.6 Å². The highest BCUT2D eigenvalue weighted by molar-refractivity contribution is 6.28. The molecule has 0 saturated carbocycles. The Morgan fingerprint density at radius 3 is 2.81 bits per heavy atom. The largest absolute Gasteiger partial charge is 0.378 e. The number of aryl methyl sites for hydroxylation is 1. The predicted octanol–water partition coefficient (Wildman–Crippen LogP) is 0.707. The van der Waals surface area contributed by atoms with E-state index in [0.717, 1.165) is 18.8 Å². The molecule has 112 valence electrons. The van der Waals surface area contributed by atoms with Crippen molar-refractivity contribution in [1.29, 1.82) is 0 Å². The van der Waals surface area contributed by atoms with Crippen molar-refractivity contribution in [2.75, 3.05) is 36.5 Å². The van der Waals surface area contributed by atoms with Crippen LogP contribution in [0.4, 0.5) is 11.9 Å². The van der Waals surface area contributed by atoms with Crippen LogP contribution in [0.3, 0.4) is 0 Å². The molecule has 0 spiro atoms. The Morgan fingerprint density at radius 1 is 1.29 bits per heavy atom. The van der Waals surface area contributed by atoms with Gasteiger partial charge >= 0.3 is 0 Å². The monoisotopic (exact) mass is 309 g/mol. The highest BCUT2D eigenvalue weighted by atomic mass is 35.5. The maximum Gasteiger partial charge on any atom is 0.231 e. The second kappa shape index (κ2) is 6.23. The summed E-state index contributed by atoms with van der Waals surface area (Å²) in [6.45, 7) is 3.41. The molecule has 1 saturated heterocycles. The number of nitrogens with zero attached hydrogens (tertiary/aromatic N) is 6. The van der Waals surface area contributed by atoms with Crippen LogP contribution in [0.1, 0.15) is 5.69 Å². The highest BCUT2D eigenvalue weighted by Crippen LogP contribution is 2.15. The molecule has 1 fully saturated rings. The van der Waals surface area contributed by atoms with E-state index >= 15 is 0 Å². The number of anilines is 2. The first kappa shape index (κ1) is 14.0. The SMILES string of the molecule is Cn1nccc1CNc1nc(Cl)nc(N2CCOCC2)n1. The Balaban J connectivity index is 1.73. The molecule has 0 amide bonds. The lowest BCUT2D eigenvalue weighted by atomic mass is 10.4. The van der Waals surface area contributed by atoms with Gasteiger partial charge in [0.2, 0.25) is 17.2 Å². The van der Waals surface area contributed by atoms with E-state index < -0.39 is 0 Å². The van der Waals surface area contributed by atoms with E-state index in [1.165, 1.54) is 0 Å². The van der Waals surface area contributed by atoms with Gasteiger partial charge in [-0.1, -0.05) is 0 Å². The van der Waals surface area contributed by atoms with Crippen molar-refractivity contribution in [3.8, 4) is 0 Å². The van der Waals surface area contributed by atoms with E-state index in [-0.39, 0.29) is 5.28 Å². The Bertz CT molecular complexity index is 611. The summed E-state index contributed by atoms with van der Waals surface area (Å²) < 4.78 is 7.11. The smallest absolute Gasteiger partial charge is 0.231 e. The zero-order chi connectivity index (χ0) is 14.7. The van der Waals surface area contributed by atoms with Gasteiger partial charge in [-0.3, -0.25) is 4.68 Å². The molecule has 8 nitrogen and oxygen atoms in total. The lowest BCUT2D eigenvalue weighted by molar-refractivity contribution is 0.122. The Morgan fingerprint density at radius 2 is 2.10 bits per heavy atom. The molecule has 0 aliphatic carbocycles. The van der Waals surface area contributed by atoms with Crippen molar-refractivity contribution in [3.05, 3.63) is 23.2 Å². The quantitative estimate of drug-likeness (QED) is 0.890. The molecule has 1 N–H and O–H groups in total. The normalized spacial score (nSPS) is 15.2. The molecule has 2 aromatic rings. The van der Waals surface area contributed by atoms with Gasteiger partial charge in [0.15, 0.2) is 0 Å². The summed E-state index contributed by atoms with van der Waals surface area (Å²) in [7, 11) is 1.89. The third kappa shape index (κ3) is 3.40. The number of aromatic nitrogens is 5. The molecule has 0 bridgehead atoms. The van der Waals surface area contributed by atoms with Gasteiger partial charge in [0.25, 0.3) is 0 Å². The van der Waals surface area contributed by atoms with Gasteiger partial charge in [-0.05, 0) is 17.7 Å². The fourth-order valence-corrected chi connectivity index (χ4v) is 2.22. The summed E-state index contributed by atoms with van der Waals surface area (Å²) in [5, 5.41) is 7.44. The number of rotatable bonds is 4. The van der Waals surface area contributed by atoms with E-state index in [1.54, 1.807) is 10.9 Å². The molecule has 0 unspecified atom stereocenters. The fourth-order valence-electron chi connectivity index (χ4n) is 2.07.